The molecule has 64 heavy (non-hydrogen) atoms. The highest BCUT2D eigenvalue weighted by Gasteiger charge is 2.21. The van der Waals surface area contributed by atoms with Crippen LogP contribution in [0.3, 0.4) is 0 Å². The van der Waals surface area contributed by atoms with Crippen LogP contribution in [0.25, 0.3) is 65.4 Å². The van der Waals surface area contributed by atoms with Crippen molar-refractivity contribution in [3.05, 3.63) is 192 Å². The summed E-state index contributed by atoms with van der Waals surface area (Å²) in [5, 5.41) is 27.3. The molecule has 11 aromatic rings. The Morgan fingerprint density at radius 1 is 0.375 bits per heavy atom. The van der Waals surface area contributed by atoms with Gasteiger partial charge in [0, 0.05) is 66.4 Å². The van der Waals surface area contributed by atoms with Crippen molar-refractivity contribution in [2.24, 2.45) is 0 Å². The molecule has 0 radical (unpaired) electrons. The van der Waals surface area contributed by atoms with E-state index in [1.165, 1.54) is 11.1 Å². The minimum Gasteiger partial charge on any atom is -0.455 e. The predicted molar refractivity (Wildman–Crippen MR) is 263 cm³/mol. The van der Waals surface area contributed by atoms with Gasteiger partial charge in [-0.05, 0) is 167 Å². The van der Waals surface area contributed by atoms with Crippen molar-refractivity contribution in [2.45, 2.75) is 39.5 Å². The number of nitrogens with zero attached hydrogens (tertiary/aromatic N) is 4. The first-order chi connectivity index (χ1) is 31.3. The van der Waals surface area contributed by atoms with Gasteiger partial charge in [-0.1, -0.05) is 64.1 Å². The second-order valence-corrected chi connectivity index (χ2v) is 17.2. The normalized spacial score (nSPS) is 11.7. The number of furan rings is 2. The lowest BCUT2D eigenvalue weighted by atomic mass is 10.00. The standard InChI is InChI=1S/C58H42N4O2/c1-35(2)39-9-19-45(20-10-39)61(43-15-5-37(33-59)6-16-43)47-23-27-49-41(31-47)13-25-51-55-53(63-57(49)51)29-30-54-56(55)52-26-14-42-32-48(24-28-50(42)58(52)64-54)62(44-17-7-38(34-60)8-18-44)46-21-11-40(12-22-46)36(3)4/h5-32,35-36H,1-4H3. The van der Waals surface area contributed by atoms with E-state index < -0.39 is 0 Å². The van der Waals surface area contributed by atoms with Crippen LogP contribution in [-0.4, -0.2) is 0 Å². The van der Waals surface area contributed by atoms with Crippen molar-refractivity contribution < 1.29 is 8.83 Å². The number of fused-ring (bicyclic) bond motifs is 11. The number of benzene rings is 9. The van der Waals surface area contributed by atoms with E-state index in [1.807, 2.05) is 60.7 Å². The van der Waals surface area contributed by atoms with Gasteiger partial charge in [-0.15, -0.1) is 0 Å². The minimum atomic E-state index is 0.426. The number of nitriles is 2. The molecule has 0 atom stereocenters. The third kappa shape index (κ3) is 6.39. The molecule has 0 N–H and O–H groups in total. The van der Waals surface area contributed by atoms with E-state index in [-0.39, 0.29) is 0 Å². The lowest BCUT2D eigenvalue weighted by molar-refractivity contribution is 0.666. The van der Waals surface area contributed by atoms with Crippen LogP contribution < -0.4 is 9.80 Å². The van der Waals surface area contributed by atoms with E-state index in [4.69, 9.17) is 8.83 Å². The Hall–Kier alpha value is -8.32. The van der Waals surface area contributed by atoms with Gasteiger partial charge in [0.1, 0.15) is 22.3 Å². The average molecular weight is 827 g/mol. The van der Waals surface area contributed by atoms with E-state index in [0.717, 1.165) is 99.5 Å². The highest BCUT2D eigenvalue weighted by Crippen LogP contribution is 2.46. The van der Waals surface area contributed by atoms with Gasteiger partial charge in [0.25, 0.3) is 0 Å². The van der Waals surface area contributed by atoms with E-state index >= 15 is 0 Å². The molecule has 306 valence electrons. The number of hydrogen-bond donors (Lipinski definition) is 0. The number of anilines is 6. The number of hydrogen-bond acceptors (Lipinski definition) is 6. The van der Waals surface area contributed by atoms with Gasteiger partial charge in [-0.2, -0.15) is 10.5 Å². The molecule has 6 heteroatoms. The van der Waals surface area contributed by atoms with Gasteiger partial charge >= 0.3 is 0 Å². The highest BCUT2D eigenvalue weighted by molar-refractivity contribution is 6.30. The van der Waals surface area contributed by atoms with Crippen molar-refractivity contribution in [3.63, 3.8) is 0 Å². The third-order valence-corrected chi connectivity index (χ3v) is 12.7. The Balaban J connectivity index is 1.02. The molecule has 0 spiro atoms. The molecule has 0 saturated heterocycles. The fourth-order valence-electron chi connectivity index (χ4n) is 9.24. The molecule has 0 aliphatic rings. The lowest BCUT2D eigenvalue weighted by Gasteiger charge is -2.26. The molecule has 0 bridgehead atoms. The molecule has 2 aromatic heterocycles. The van der Waals surface area contributed by atoms with Crippen LogP contribution in [0.4, 0.5) is 34.1 Å². The second-order valence-electron chi connectivity index (χ2n) is 17.2. The molecule has 0 aliphatic heterocycles. The van der Waals surface area contributed by atoms with Gasteiger partial charge in [-0.25, -0.2) is 0 Å². The van der Waals surface area contributed by atoms with Gasteiger partial charge in [0.15, 0.2) is 0 Å². The van der Waals surface area contributed by atoms with Crippen LogP contribution in [0, 0.1) is 22.7 Å². The summed E-state index contributed by atoms with van der Waals surface area (Å²) in [6, 6.07) is 63.2. The molecule has 9 aromatic carbocycles. The average Bonchev–Trinajstić information content (AvgIpc) is 3.91. The van der Waals surface area contributed by atoms with Crippen LogP contribution in [0.2, 0.25) is 0 Å². The quantitative estimate of drug-likeness (QED) is 0.152. The van der Waals surface area contributed by atoms with Crippen molar-refractivity contribution in [3.8, 4) is 12.1 Å². The Morgan fingerprint density at radius 3 is 1.05 bits per heavy atom. The van der Waals surface area contributed by atoms with Crippen molar-refractivity contribution >= 4 is 99.5 Å². The summed E-state index contributed by atoms with van der Waals surface area (Å²) in [7, 11) is 0. The molecule has 0 saturated carbocycles. The Kier molecular flexibility index (Phi) is 9.19. The van der Waals surface area contributed by atoms with Gasteiger partial charge < -0.3 is 18.6 Å². The van der Waals surface area contributed by atoms with E-state index in [0.29, 0.717) is 23.0 Å². The molecule has 0 aliphatic carbocycles. The SMILES string of the molecule is CC(C)c1ccc(N(c2ccc(C#N)cc2)c2ccc3c(ccc4c3oc3ccc5oc6c7ccc(N(c8ccc(C#N)cc8)c8ccc(C(C)C)cc8)cc7ccc6c5c34)c2)cc1. The zero-order valence-electron chi connectivity index (χ0n) is 35.9. The fraction of sp³-hybridized carbons (Fsp3) is 0.103. The van der Waals surface area contributed by atoms with Crippen LogP contribution in [0.1, 0.15) is 61.8 Å². The van der Waals surface area contributed by atoms with Crippen LogP contribution in [-0.2, 0) is 0 Å². The van der Waals surface area contributed by atoms with E-state index in [9.17, 15) is 10.5 Å². The first kappa shape index (κ1) is 38.6. The summed E-state index contributed by atoms with van der Waals surface area (Å²) >= 11 is 0. The summed E-state index contributed by atoms with van der Waals surface area (Å²) in [5.74, 6) is 0.852. The first-order valence-electron chi connectivity index (χ1n) is 21.7. The summed E-state index contributed by atoms with van der Waals surface area (Å²) in [4.78, 5) is 4.47. The van der Waals surface area contributed by atoms with Crippen LogP contribution in [0.5, 0.6) is 0 Å². The fourth-order valence-corrected chi connectivity index (χ4v) is 9.24. The molecule has 2 heterocycles. The highest BCUT2D eigenvalue weighted by atomic mass is 16.3. The predicted octanol–water partition coefficient (Wildman–Crippen LogP) is 16.7. The van der Waals surface area contributed by atoms with E-state index in [2.05, 4.69) is 159 Å². The maximum Gasteiger partial charge on any atom is 0.143 e. The molecule has 0 amide bonds. The van der Waals surface area contributed by atoms with Crippen LogP contribution >= 0.6 is 0 Å². The summed E-state index contributed by atoms with van der Waals surface area (Å²) in [6.45, 7) is 8.82. The molecule has 11 rings (SSSR count). The zero-order chi connectivity index (χ0) is 43.6. The first-order valence-corrected chi connectivity index (χ1v) is 21.7. The minimum absolute atomic E-state index is 0.426. The Bertz CT molecular complexity index is 3430. The molecular weight excluding hydrogens is 785 g/mol. The van der Waals surface area contributed by atoms with Gasteiger partial charge in [-0.3, -0.25) is 0 Å². The topological polar surface area (TPSA) is 80.3 Å². The van der Waals surface area contributed by atoms with Gasteiger partial charge in [0.05, 0.1) is 23.3 Å². The molecule has 6 nitrogen and oxygen atoms in total. The molecular formula is C58H42N4O2. The summed E-state index contributed by atoms with van der Waals surface area (Å²) < 4.78 is 13.5. The zero-order valence-corrected chi connectivity index (χ0v) is 35.9. The summed E-state index contributed by atoms with van der Waals surface area (Å²) in [6.07, 6.45) is 0. The Morgan fingerprint density at radius 2 is 0.703 bits per heavy atom. The number of rotatable bonds is 8. The second kappa shape index (κ2) is 15.2. The Labute approximate surface area is 371 Å². The van der Waals surface area contributed by atoms with Crippen molar-refractivity contribution in [1.29, 1.82) is 10.5 Å². The monoisotopic (exact) mass is 826 g/mol. The van der Waals surface area contributed by atoms with Gasteiger partial charge in [0.2, 0.25) is 0 Å². The molecule has 0 fully saturated rings. The summed E-state index contributed by atoms with van der Waals surface area (Å²) in [5.41, 5.74) is 13.1. The maximum atomic E-state index is 9.52. The third-order valence-electron chi connectivity index (χ3n) is 12.7. The van der Waals surface area contributed by atoms with Crippen molar-refractivity contribution in [1.82, 2.24) is 0 Å². The lowest BCUT2D eigenvalue weighted by Crippen LogP contribution is -2.10. The van der Waals surface area contributed by atoms with Crippen LogP contribution in [0.15, 0.2) is 179 Å². The van der Waals surface area contributed by atoms with Crippen molar-refractivity contribution in [2.75, 3.05) is 9.80 Å². The smallest absolute Gasteiger partial charge is 0.143 e. The maximum absolute atomic E-state index is 9.52. The largest absolute Gasteiger partial charge is 0.455 e. The van der Waals surface area contributed by atoms with E-state index in [1.54, 1.807) is 0 Å². The molecule has 0 unspecified atom stereocenters.